The molecule has 0 saturated heterocycles. The summed E-state index contributed by atoms with van der Waals surface area (Å²) in [4.78, 5) is 0. The molecular weight excluding hydrogens is 164 g/mol. The third-order valence-electron chi connectivity index (χ3n) is 1.44. The molecule has 0 unspecified atom stereocenters. The smallest absolute Gasteiger partial charge is 0.307 e. The summed E-state index contributed by atoms with van der Waals surface area (Å²) in [7, 11) is 0. The first kappa shape index (κ1) is 6.37. The number of hydrogen-bond donors (Lipinski definition) is 0. The molecule has 0 amide bonds. The van der Waals surface area contributed by atoms with Gasteiger partial charge in [-0.1, -0.05) is 19.3 Å². The van der Waals surface area contributed by atoms with E-state index >= 15 is 0 Å². The minimum atomic E-state index is 0.224. The Morgan fingerprint density at radius 1 is 1.57 bits per heavy atom. The molecule has 0 nitrogen and oxygen atoms in total. The summed E-state index contributed by atoms with van der Waals surface area (Å²) >= 11 is 3.77. The Morgan fingerprint density at radius 3 is 2.71 bits per heavy atom. The van der Waals surface area contributed by atoms with E-state index < -0.39 is 0 Å². The van der Waals surface area contributed by atoms with Crippen molar-refractivity contribution in [3.05, 3.63) is 0 Å². The zero-order chi connectivity index (χ0) is 5.11. The quantitative estimate of drug-likeness (QED) is 0.574. The van der Waals surface area contributed by atoms with Crippen LogP contribution in [0.1, 0.15) is 19.3 Å². The largest absolute Gasteiger partial charge is 0.468 e. The van der Waals surface area contributed by atoms with Crippen LogP contribution in [0.25, 0.3) is 0 Å². The highest BCUT2D eigenvalue weighted by Crippen LogP contribution is 2.33. The first-order valence-electron chi connectivity index (χ1n) is 2.99. The molecule has 0 atom stereocenters. The molecule has 7 heavy (non-hydrogen) atoms. The van der Waals surface area contributed by atoms with Crippen LogP contribution >= 0.6 is 12.9 Å². The normalized spacial score (nSPS) is 19.0. The van der Waals surface area contributed by atoms with Gasteiger partial charge in [0.15, 0.2) is 0 Å². The van der Waals surface area contributed by atoms with Crippen molar-refractivity contribution in [3.63, 3.8) is 0 Å². The summed E-state index contributed by atoms with van der Waals surface area (Å²) in [6.07, 6.45) is 4.58. The van der Waals surface area contributed by atoms with E-state index in [1.807, 2.05) is 0 Å². The molecular formula is C5H9BrMg. The van der Waals surface area contributed by atoms with Crippen molar-refractivity contribution in [2.75, 3.05) is 0 Å². The molecule has 2 heteroatoms. The lowest BCUT2D eigenvalue weighted by Crippen LogP contribution is -1.77. The topological polar surface area (TPSA) is 0 Å². The maximum Gasteiger partial charge on any atom is 0.468 e. The summed E-state index contributed by atoms with van der Waals surface area (Å²) in [5, 5.41) is 0. The van der Waals surface area contributed by atoms with Crippen LogP contribution < -0.4 is 0 Å². The van der Waals surface area contributed by atoms with Gasteiger partial charge in [0, 0.05) is 0 Å². The maximum atomic E-state index is 3.54. The van der Waals surface area contributed by atoms with E-state index in [9.17, 15) is 0 Å². The molecule has 1 saturated carbocycles. The van der Waals surface area contributed by atoms with Gasteiger partial charge in [-0.15, -0.1) is 4.55 Å². The Labute approximate surface area is 60.6 Å². The van der Waals surface area contributed by atoms with Crippen molar-refractivity contribution >= 4 is 31.1 Å². The lowest BCUT2D eigenvalue weighted by Gasteiger charge is -1.86. The van der Waals surface area contributed by atoms with Crippen LogP contribution in [0.4, 0.5) is 0 Å². The molecule has 1 aliphatic carbocycles. The van der Waals surface area contributed by atoms with Gasteiger partial charge in [0.25, 0.3) is 0 Å². The van der Waals surface area contributed by atoms with Gasteiger partial charge in [-0.3, -0.25) is 0 Å². The molecule has 1 fully saturated rings. The minimum Gasteiger partial charge on any atom is -0.307 e. The molecule has 0 N–H and O–H groups in total. The van der Waals surface area contributed by atoms with Crippen molar-refractivity contribution < 1.29 is 0 Å². The molecule has 0 radical (unpaired) electrons. The second-order valence-corrected chi connectivity index (χ2v) is 5.74. The predicted octanol–water partition coefficient (Wildman–Crippen LogP) is 2.22. The van der Waals surface area contributed by atoms with E-state index in [4.69, 9.17) is 0 Å². The van der Waals surface area contributed by atoms with E-state index in [1.54, 1.807) is 0 Å². The average Bonchev–Trinajstić information content (AvgIpc) is 2.42. The Balaban J connectivity index is 1.80. The van der Waals surface area contributed by atoms with E-state index in [0.29, 0.717) is 0 Å². The van der Waals surface area contributed by atoms with Gasteiger partial charge in [0.05, 0.1) is 0 Å². The first-order chi connectivity index (χ1) is 3.43. The lowest BCUT2D eigenvalue weighted by atomic mass is 10.3. The van der Waals surface area contributed by atoms with Crippen LogP contribution in [0.2, 0.25) is 4.55 Å². The van der Waals surface area contributed by atoms with E-state index in [1.165, 1.54) is 23.8 Å². The molecule has 0 heterocycles. The Kier molecular flexibility index (Phi) is 3.01. The zero-order valence-corrected chi connectivity index (χ0v) is 7.49. The molecule has 0 aromatic carbocycles. The van der Waals surface area contributed by atoms with Crippen LogP contribution in [0, 0.1) is 5.92 Å². The van der Waals surface area contributed by atoms with Crippen LogP contribution in [-0.4, -0.2) is 18.2 Å². The Morgan fingerprint density at radius 2 is 2.29 bits per heavy atom. The number of halogens is 1. The van der Waals surface area contributed by atoms with Crippen LogP contribution in [0.5, 0.6) is 0 Å². The van der Waals surface area contributed by atoms with E-state index in [-0.39, 0.29) is 18.2 Å². The Bertz CT molecular complexity index is 52.0. The summed E-state index contributed by atoms with van der Waals surface area (Å²) in [5.74, 6) is 1.16. The molecule has 0 spiro atoms. The van der Waals surface area contributed by atoms with Crippen molar-refractivity contribution in [2.24, 2.45) is 5.92 Å². The van der Waals surface area contributed by atoms with Gasteiger partial charge >= 0.3 is 18.2 Å². The fourth-order valence-corrected chi connectivity index (χ4v) is 2.48. The van der Waals surface area contributed by atoms with Gasteiger partial charge in [-0.05, 0) is 5.92 Å². The second kappa shape index (κ2) is 3.31. The molecule has 38 valence electrons. The summed E-state index contributed by atoms with van der Waals surface area (Å²) < 4.78 is 1.52. The van der Waals surface area contributed by atoms with E-state index in [2.05, 4.69) is 12.9 Å². The highest BCUT2D eigenvalue weighted by atomic mass is 79.9. The van der Waals surface area contributed by atoms with Gasteiger partial charge in [0.1, 0.15) is 0 Å². The van der Waals surface area contributed by atoms with Crippen LogP contribution in [0.15, 0.2) is 0 Å². The SMILES string of the molecule is [Br][Mg][CH2]CC1CC1. The molecule has 0 aromatic rings. The average molecular weight is 173 g/mol. The van der Waals surface area contributed by atoms with Gasteiger partial charge in [-0.25, -0.2) is 0 Å². The summed E-state index contributed by atoms with van der Waals surface area (Å²) in [6.45, 7) is 0. The molecule has 0 aliphatic heterocycles. The summed E-state index contributed by atoms with van der Waals surface area (Å²) in [5.41, 5.74) is 0. The monoisotopic (exact) mass is 172 g/mol. The van der Waals surface area contributed by atoms with Crippen LogP contribution in [0.3, 0.4) is 0 Å². The number of hydrogen-bond acceptors (Lipinski definition) is 0. The molecule has 0 aromatic heterocycles. The van der Waals surface area contributed by atoms with Gasteiger partial charge < -0.3 is 12.9 Å². The maximum absolute atomic E-state index is 3.54. The predicted molar refractivity (Wildman–Crippen MR) is 36.8 cm³/mol. The third kappa shape index (κ3) is 2.93. The van der Waals surface area contributed by atoms with Crippen molar-refractivity contribution in [1.29, 1.82) is 0 Å². The van der Waals surface area contributed by atoms with Gasteiger partial charge in [0.2, 0.25) is 0 Å². The number of rotatable bonds is 3. The lowest BCUT2D eigenvalue weighted by molar-refractivity contribution is 0.797. The van der Waals surface area contributed by atoms with Crippen LogP contribution in [-0.2, 0) is 0 Å². The highest BCUT2D eigenvalue weighted by Gasteiger charge is 2.19. The van der Waals surface area contributed by atoms with Gasteiger partial charge in [-0.2, -0.15) is 0 Å². The van der Waals surface area contributed by atoms with Crippen molar-refractivity contribution in [3.8, 4) is 0 Å². The summed E-state index contributed by atoms with van der Waals surface area (Å²) in [6, 6.07) is 0. The second-order valence-electron chi connectivity index (χ2n) is 2.27. The van der Waals surface area contributed by atoms with Crippen molar-refractivity contribution in [2.45, 2.75) is 23.8 Å². The first-order valence-corrected chi connectivity index (χ1v) is 7.89. The molecule has 0 bridgehead atoms. The fourth-order valence-electron chi connectivity index (χ4n) is 0.772. The third-order valence-corrected chi connectivity index (χ3v) is 3.80. The zero-order valence-electron chi connectivity index (χ0n) is 4.49. The minimum absolute atomic E-state index is 0.224. The molecule has 1 rings (SSSR count). The van der Waals surface area contributed by atoms with E-state index in [0.717, 1.165) is 5.92 Å². The van der Waals surface area contributed by atoms with Crippen molar-refractivity contribution in [1.82, 2.24) is 0 Å². The molecule has 1 aliphatic rings. The standard InChI is InChI=1S/C5H9.BrH.Mg/c1-2-5-3-4-5;;/h5H,1-4H2;1H;/q;;+1/p-1. The Hall–Kier alpha value is 1.25. The fraction of sp³-hybridized carbons (Fsp3) is 1.00. The highest BCUT2D eigenvalue weighted by molar-refractivity contribution is 9.23.